The van der Waals surface area contributed by atoms with Crippen LogP contribution < -0.4 is 16.0 Å². The van der Waals surface area contributed by atoms with E-state index in [0.29, 0.717) is 6.54 Å². The Morgan fingerprint density at radius 3 is 2.45 bits per heavy atom. The van der Waals surface area contributed by atoms with E-state index in [1.165, 1.54) is 11.3 Å². The summed E-state index contributed by atoms with van der Waals surface area (Å²) in [6, 6.07) is 0. The minimum atomic E-state index is 0.359. The van der Waals surface area contributed by atoms with Crippen molar-refractivity contribution in [2.45, 2.75) is 27.3 Å². The van der Waals surface area contributed by atoms with Gasteiger partial charge in [0.05, 0.1) is 6.54 Å². The predicted octanol–water partition coefficient (Wildman–Crippen LogP) is 2.41. The molecule has 0 spiro atoms. The number of benzene rings is 1. The molecule has 6 heteroatoms. The monoisotopic (exact) mass is 274 g/mol. The Labute approximate surface area is 119 Å². The molecule has 1 saturated heterocycles. The van der Waals surface area contributed by atoms with Crippen LogP contribution >= 0.6 is 0 Å². The highest BCUT2D eigenvalue weighted by Gasteiger charge is 2.20. The molecule has 1 aromatic carbocycles. The molecular weight excluding hydrogens is 252 g/mol. The molecule has 1 heterocycles. The van der Waals surface area contributed by atoms with Crippen molar-refractivity contribution in [3.63, 3.8) is 0 Å². The van der Waals surface area contributed by atoms with E-state index < -0.39 is 0 Å². The second-order valence-corrected chi connectivity index (χ2v) is 5.24. The number of piperazine rings is 1. The first-order valence-electron chi connectivity index (χ1n) is 6.92. The zero-order valence-corrected chi connectivity index (χ0v) is 12.4. The maximum atomic E-state index is 8.56. The van der Waals surface area contributed by atoms with E-state index in [-0.39, 0.29) is 0 Å². The molecule has 0 radical (unpaired) electrons. The Bertz CT molecular complexity index is 554. The second kappa shape index (κ2) is 6.03. The van der Waals surface area contributed by atoms with E-state index in [0.717, 1.165) is 48.6 Å². The van der Waals surface area contributed by atoms with E-state index in [9.17, 15) is 0 Å². The van der Waals surface area contributed by atoms with Crippen LogP contribution in [0.15, 0.2) is 5.11 Å². The standard InChI is InChI=1S/C14H22N6/c1-9-12(8-18-19-16)10(2)14(11(3)13(9)15)20-6-4-17-5-7-20/h17H,4-8,15H2,1-3H3. The third-order valence-electron chi connectivity index (χ3n) is 4.15. The van der Waals surface area contributed by atoms with Crippen molar-refractivity contribution in [2.24, 2.45) is 5.11 Å². The molecule has 6 nitrogen and oxygen atoms in total. The van der Waals surface area contributed by atoms with Crippen molar-refractivity contribution in [1.29, 1.82) is 0 Å². The van der Waals surface area contributed by atoms with E-state index in [4.69, 9.17) is 11.3 Å². The Kier molecular flexibility index (Phi) is 4.37. The maximum absolute atomic E-state index is 8.56. The van der Waals surface area contributed by atoms with Crippen LogP contribution in [0.25, 0.3) is 10.4 Å². The molecule has 0 aromatic heterocycles. The molecule has 1 aliphatic rings. The Morgan fingerprint density at radius 1 is 1.20 bits per heavy atom. The molecule has 108 valence electrons. The number of nitrogens with one attached hydrogen (secondary N) is 1. The predicted molar refractivity (Wildman–Crippen MR) is 83.0 cm³/mol. The smallest absolute Gasteiger partial charge is 0.0517 e. The van der Waals surface area contributed by atoms with Gasteiger partial charge in [0.1, 0.15) is 0 Å². The summed E-state index contributed by atoms with van der Waals surface area (Å²) >= 11 is 0. The summed E-state index contributed by atoms with van der Waals surface area (Å²) in [5.74, 6) is 0. The number of azide groups is 1. The SMILES string of the molecule is Cc1c(N)c(C)c(N2CCNCC2)c(C)c1CN=[N+]=[N-]. The van der Waals surface area contributed by atoms with Crippen LogP contribution in [0.4, 0.5) is 11.4 Å². The highest BCUT2D eigenvalue weighted by Crippen LogP contribution is 2.36. The van der Waals surface area contributed by atoms with Crippen LogP contribution in [0.5, 0.6) is 0 Å². The van der Waals surface area contributed by atoms with Crippen molar-refractivity contribution >= 4 is 11.4 Å². The summed E-state index contributed by atoms with van der Waals surface area (Å²) in [6.07, 6.45) is 0. The first kappa shape index (κ1) is 14.5. The van der Waals surface area contributed by atoms with Gasteiger partial charge in [-0.25, -0.2) is 0 Å². The minimum Gasteiger partial charge on any atom is -0.398 e. The average molecular weight is 274 g/mol. The van der Waals surface area contributed by atoms with Crippen molar-refractivity contribution in [3.05, 3.63) is 32.7 Å². The number of anilines is 2. The minimum absolute atomic E-state index is 0.359. The number of hydrogen-bond donors (Lipinski definition) is 2. The lowest BCUT2D eigenvalue weighted by Crippen LogP contribution is -2.44. The molecule has 0 bridgehead atoms. The van der Waals surface area contributed by atoms with Crippen molar-refractivity contribution in [2.75, 3.05) is 36.8 Å². The van der Waals surface area contributed by atoms with Gasteiger partial charge in [-0.05, 0) is 48.6 Å². The van der Waals surface area contributed by atoms with Gasteiger partial charge in [0, 0.05) is 42.5 Å². The quantitative estimate of drug-likeness (QED) is 0.384. The van der Waals surface area contributed by atoms with E-state index >= 15 is 0 Å². The van der Waals surface area contributed by atoms with Gasteiger partial charge in [0.15, 0.2) is 0 Å². The molecule has 2 rings (SSSR count). The molecule has 0 unspecified atom stereocenters. The fourth-order valence-electron chi connectivity index (χ4n) is 2.98. The van der Waals surface area contributed by atoms with Crippen LogP contribution in [0.3, 0.4) is 0 Å². The molecule has 1 aliphatic heterocycles. The lowest BCUT2D eigenvalue weighted by atomic mass is 9.94. The Balaban J connectivity index is 2.54. The third kappa shape index (κ3) is 2.53. The lowest BCUT2D eigenvalue weighted by Gasteiger charge is -2.34. The maximum Gasteiger partial charge on any atom is 0.0517 e. The van der Waals surface area contributed by atoms with E-state index in [2.05, 4.69) is 34.1 Å². The summed E-state index contributed by atoms with van der Waals surface area (Å²) in [4.78, 5) is 5.24. The third-order valence-corrected chi connectivity index (χ3v) is 4.15. The summed E-state index contributed by atoms with van der Waals surface area (Å²) in [5, 5.41) is 7.07. The van der Waals surface area contributed by atoms with Gasteiger partial charge in [0.25, 0.3) is 0 Å². The summed E-state index contributed by atoms with van der Waals surface area (Å²) < 4.78 is 0. The molecule has 0 amide bonds. The number of nitrogen functional groups attached to an aromatic ring is 1. The zero-order valence-electron chi connectivity index (χ0n) is 12.4. The molecular formula is C14H22N6. The van der Waals surface area contributed by atoms with Crippen LogP contribution in [-0.4, -0.2) is 26.2 Å². The van der Waals surface area contributed by atoms with Gasteiger partial charge < -0.3 is 16.0 Å². The van der Waals surface area contributed by atoms with Crippen LogP contribution in [0, 0.1) is 20.8 Å². The van der Waals surface area contributed by atoms with Crippen LogP contribution in [0.2, 0.25) is 0 Å². The van der Waals surface area contributed by atoms with E-state index in [1.807, 2.05) is 6.92 Å². The van der Waals surface area contributed by atoms with Crippen LogP contribution in [-0.2, 0) is 6.54 Å². The average Bonchev–Trinajstić information content (AvgIpc) is 2.46. The first-order valence-corrected chi connectivity index (χ1v) is 6.92. The molecule has 1 aromatic rings. The number of rotatable bonds is 3. The second-order valence-electron chi connectivity index (χ2n) is 5.24. The molecule has 3 N–H and O–H groups in total. The normalized spacial score (nSPS) is 15.1. The molecule has 0 aliphatic carbocycles. The van der Waals surface area contributed by atoms with Gasteiger partial charge in [-0.15, -0.1) is 0 Å². The molecule has 0 saturated carbocycles. The molecule has 1 fully saturated rings. The topological polar surface area (TPSA) is 90.0 Å². The van der Waals surface area contributed by atoms with Gasteiger partial charge in [0.2, 0.25) is 0 Å². The summed E-state index contributed by atoms with van der Waals surface area (Å²) in [5.41, 5.74) is 21.2. The number of hydrogen-bond acceptors (Lipinski definition) is 4. The molecule has 20 heavy (non-hydrogen) atoms. The fourth-order valence-corrected chi connectivity index (χ4v) is 2.98. The Hall–Kier alpha value is -1.91. The number of nitrogens with zero attached hydrogens (tertiary/aromatic N) is 4. The van der Waals surface area contributed by atoms with Crippen molar-refractivity contribution in [3.8, 4) is 0 Å². The molecule has 0 atom stereocenters. The lowest BCUT2D eigenvalue weighted by molar-refractivity contribution is 0.587. The first-order chi connectivity index (χ1) is 9.57. The number of nitrogens with two attached hydrogens (primary N) is 1. The Morgan fingerprint density at radius 2 is 1.85 bits per heavy atom. The van der Waals surface area contributed by atoms with Gasteiger partial charge >= 0.3 is 0 Å². The van der Waals surface area contributed by atoms with Gasteiger partial charge in [-0.1, -0.05) is 5.11 Å². The highest BCUT2D eigenvalue weighted by atomic mass is 15.2. The fraction of sp³-hybridized carbons (Fsp3) is 0.571. The van der Waals surface area contributed by atoms with Crippen LogP contribution in [0.1, 0.15) is 22.3 Å². The van der Waals surface area contributed by atoms with E-state index in [1.54, 1.807) is 0 Å². The van der Waals surface area contributed by atoms with Crippen molar-refractivity contribution < 1.29 is 0 Å². The van der Waals surface area contributed by atoms with Crippen molar-refractivity contribution in [1.82, 2.24) is 5.32 Å². The summed E-state index contributed by atoms with van der Waals surface area (Å²) in [7, 11) is 0. The van der Waals surface area contributed by atoms with Gasteiger partial charge in [-0.3, -0.25) is 0 Å². The zero-order chi connectivity index (χ0) is 14.7. The largest absolute Gasteiger partial charge is 0.398 e. The van der Waals surface area contributed by atoms with Gasteiger partial charge in [-0.2, -0.15) is 0 Å². The summed E-state index contributed by atoms with van der Waals surface area (Å²) in [6.45, 7) is 10.5. The highest BCUT2D eigenvalue weighted by molar-refractivity contribution is 5.74.